The highest BCUT2D eigenvalue weighted by Crippen LogP contribution is 2.37. The van der Waals surface area contributed by atoms with Crippen molar-refractivity contribution in [3.8, 4) is 5.69 Å². The van der Waals surface area contributed by atoms with Gasteiger partial charge in [0.25, 0.3) is 0 Å². The minimum Gasteiger partial charge on any atom is -0.240 e. The van der Waals surface area contributed by atoms with Crippen LogP contribution in [0.3, 0.4) is 0 Å². The molecular formula is C22H22BrF3N4. The number of hydrogen-bond acceptors (Lipinski definition) is 3. The molecule has 0 saturated carbocycles. The van der Waals surface area contributed by atoms with Gasteiger partial charge in [-0.1, -0.05) is 32.0 Å². The van der Waals surface area contributed by atoms with Crippen LogP contribution in [0.2, 0.25) is 0 Å². The predicted octanol–water partition coefficient (Wildman–Crippen LogP) is 5.84. The molecule has 0 saturated heterocycles. The number of halogens is 4. The van der Waals surface area contributed by atoms with E-state index in [1.165, 1.54) is 11.1 Å². The van der Waals surface area contributed by atoms with Gasteiger partial charge in [0.2, 0.25) is 0 Å². The predicted molar refractivity (Wildman–Crippen MR) is 112 cm³/mol. The molecule has 4 nitrogen and oxygen atoms in total. The summed E-state index contributed by atoms with van der Waals surface area (Å²) in [5, 5.41) is 4.89. The largest absolute Gasteiger partial charge is 0.419 e. The molecule has 0 amide bonds. The first kappa shape index (κ1) is 21.0. The summed E-state index contributed by atoms with van der Waals surface area (Å²) in [5.74, 6) is 0.428. The molecule has 0 bridgehead atoms. The number of benzene rings is 1. The molecule has 0 radical (unpaired) electrons. The second-order valence-corrected chi connectivity index (χ2v) is 8.28. The summed E-state index contributed by atoms with van der Waals surface area (Å²) < 4.78 is 41.3. The third-order valence-corrected chi connectivity index (χ3v) is 6.54. The quantitative estimate of drug-likeness (QED) is 0.472. The average Bonchev–Trinajstić information content (AvgIpc) is 3.08. The van der Waals surface area contributed by atoms with Gasteiger partial charge in [-0.05, 0) is 59.2 Å². The Labute approximate surface area is 181 Å². The molecule has 2 aromatic heterocycles. The number of rotatable bonds is 4. The van der Waals surface area contributed by atoms with Crippen molar-refractivity contribution < 1.29 is 13.2 Å². The Balaban J connectivity index is 1.68. The van der Waals surface area contributed by atoms with Crippen LogP contribution in [-0.2, 0) is 31.9 Å². The van der Waals surface area contributed by atoms with Gasteiger partial charge in [0.15, 0.2) is 0 Å². The highest BCUT2D eigenvalue weighted by Gasteiger charge is 2.33. The molecule has 1 aromatic carbocycles. The van der Waals surface area contributed by atoms with Gasteiger partial charge in [0.05, 0.1) is 16.9 Å². The second kappa shape index (κ2) is 8.13. The van der Waals surface area contributed by atoms with Crippen LogP contribution in [-0.4, -0.2) is 19.7 Å². The SMILES string of the molecule is CCc1cccc(CC)c1-n1nc2c(c1Br)CC(c1ncc(C(F)(F)F)cn1)CC2. The van der Waals surface area contributed by atoms with Crippen molar-refractivity contribution in [3.63, 3.8) is 0 Å². The summed E-state index contributed by atoms with van der Waals surface area (Å²) in [4.78, 5) is 8.04. The second-order valence-electron chi connectivity index (χ2n) is 7.53. The van der Waals surface area contributed by atoms with Gasteiger partial charge in [-0.3, -0.25) is 0 Å². The molecule has 1 atom stereocenters. The maximum atomic E-state index is 12.8. The molecule has 0 aliphatic heterocycles. The molecule has 3 aromatic rings. The number of hydrogen-bond donors (Lipinski definition) is 0. The molecule has 1 unspecified atom stereocenters. The van der Waals surface area contributed by atoms with Gasteiger partial charge in [-0.15, -0.1) is 0 Å². The molecule has 4 rings (SSSR count). The first-order valence-electron chi connectivity index (χ1n) is 10.1. The van der Waals surface area contributed by atoms with Crippen molar-refractivity contribution >= 4 is 15.9 Å². The van der Waals surface area contributed by atoms with Crippen LogP contribution in [0.4, 0.5) is 13.2 Å². The van der Waals surface area contributed by atoms with Gasteiger partial charge < -0.3 is 0 Å². The maximum absolute atomic E-state index is 12.8. The summed E-state index contributed by atoms with van der Waals surface area (Å²) in [6.45, 7) is 4.27. The lowest BCUT2D eigenvalue weighted by Gasteiger charge is -2.20. The van der Waals surface area contributed by atoms with E-state index in [0.717, 1.165) is 59.6 Å². The molecule has 0 N–H and O–H groups in total. The molecular weight excluding hydrogens is 457 g/mol. The first-order chi connectivity index (χ1) is 14.3. The Kier molecular flexibility index (Phi) is 5.70. The number of alkyl halides is 3. The number of aromatic nitrogens is 4. The topological polar surface area (TPSA) is 43.6 Å². The van der Waals surface area contributed by atoms with Crippen molar-refractivity contribution in [2.24, 2.45) is 0 Å². The minimum absolute atomic E-state index is 0.0270. The van der Waals surface area contributed by atoms with Gasteiger partial charge in [-0.25, -0.2) is 14.6 Å². The molecule has 0 fully saturated rings. The van der Waals surface area contributed by atoms with E-state index in [0.29, 0.717) is 12.2 Å². The Morgan fingerprint density at radius 2 is 1.73 bits per heavy atom. The van der Waals surface area contributed by atoms with Crippen LogP contribution in [0.5, 0.6) is 0 Å². The first-order valence-corrected chi connectivity index (χ1v) is 10.9. The summed E-state index contributed by atoms with van der Waals surface area (Å²) >= 11 is 3.75. The number of para-hydroxylation sites is 1. The lowest BCUT2D eigenvalue weighted by Crippen LogP contribution is -2.16. The Hall–Kier alpha value is -2.22. The van der Waals surface area contributed by atoms with E-state index in [2.05, 4.69) is 57.9 Å². The zero-order chi connectivity index (χ0) is 21.5. The molecule has 2 heterocycles. The van der Waals surface area contributed by atoms with Crippen LogP contribution in [0.25, 0.3) is 5.69 Å². The Bertz CT molecular complexity index is 1040. The van der Waals surface area contributed by atoms with E-state index < -0.39 is 11.7 Å². The van der Waals surface area contributed by atoms with E-state index in [9.17, 15) is 13.2 Å². The third kappa shape index (κ3) is 3.77. The van der Waals surface area contributed by atoms with Crippen molar-refractivity contribution in [2.45, 2.75) is 58.0 Å². The van der Waals surface area contributed by atoms with Gasteiger partial charge in [0, 0.05) is 23.9 Å². The van der Waals surface area contributed by atoms with E-state index in [-0.39, 0.29) is 5.92 Å². The Morgan fingerprint density at radius 1 is 1.10 bits per heavy atom. The van der Waals surface area contributed by atoms with Crippen LogP contribution in [0, 0.1) is 0 Å². The number of aryl methyl sites for hydroxylation is 3. The highest BCUT2D eigenvalue weighted by atomic mass is 79.9. The zero-order valence-corrected chi connectivity index (χ0v) is 18.4. The average molecular weight is 479 g/mol. The molecule has 158 valence electrons. The molecule has 30 heavy (non-hydrogen) atoms. The fourth-order valence-electron chi connectivity index (χ4n) is 4.09. The van der Waals surface area contributed by atoms with Crippen molar-refractivity contribution in [2.75, 3.05) is 0 Å². The summed E-state index contributed by atoms with van der Waals surface area (Å²) in [5.41, 5.74) is 4.88. The van der Waals surface area contributed by atoms with Crippen molar-refractivity contribution in [1.82, 2.24) is 19.7 Å². The lowest BCUT2D eigenvalue weighted by atomic mass is 9.87. The van der Waals surface area contributed by atoms with E-state index in [1.807, 2.05) is 4.68 Å². The minimum atomic E-state index is -4.42. The van der Waals surface area contributed by atoms with E-state index in [4.69, 9.17) is 5.10 Å². The smallest absolute Gasteiger partial charge is 0.240 e. The summed E-state index contributed by atoms with van der Waals surface area (Å²) in [7, 11) is 0. The van der Waals surface area contributed by atoms with E-state index >= 15 is 0 Å². The number of nitrogens with zero attached hydrogens (tertiary/aromatic N) is 4. The monoisotopic (exact) mass is 478 g/mol. The van der Waals surface area contributed by atoms with Crippen molar-refractivity contribution in [3.05, 3.63) is 69.0 Å². The van der Waals surface area contributed by atoms with Gasteiger partial charge >= 0.3 is 6.18 Å². The van der Waals surface area contributed by atoms with Crippen LogP contribution in [0.15, 0.2) is 35.2 Å². The molecule has 0 spiro atoms. The molecule has 1 aliphatic carbocycles. The lowest BCUT2D eigenvalue weighted by molar-refractivity contribution is -0.138. The van der Waals surface area contributed by atoms with E-state index in [1.54, 1.807) is 0 Å². The van der Waals surface area contributed by atoms with Crippen LogP contribution >= 0.6 is 15.9 Å². The molecule has 1 aliphatic rings. The highest BCUT2D eigenvalue weighted by molar-refractivity contribution is 9.10. The zero-order valence-electron chi connectivity index (χ0n) is 16.8. The van der Waals surface area contributed by atoms with Gasteiger partial charge in [0.1, 0.15) is 10.4 Å². The van der Waals surface area contributed by atoms with Gasteiger partial charge in [-0.2, -0.15) is 18.3 Å². The fourth-order valence-corrected chi connectivity index (χ4v) is 4.73. The fraction of sp³-hybridized carbons (Fsp3) is 0.409. The Morgan fingerprint density at radius 3 is 2.30 bits per heavy atom. The van der Waals surface area contributed by atoms with Crippen LogP contribution in [0.1, 0.15) is 60.0 Å². The normalized spacial score (nSPS) is 16.5. The van der Waals surface area contributed by atoms with Crippen LogP contribution < -0.4 is 0 Å². The van der Waals surface area contributed by atoms with Crippen molar-refractivity contribution in [1.29, 1.82) is 0 Å². The number of fused-ring (bicyclic) bond motifs is 1. The summed E-state index contributed by atoms with van der Waals surface area (Å²) in [6.07, 6.45) is 1.29. The third-order valence-electron chi connectivity index (χ3n) is 5.73. The molecule has 8 heteroatoms. The summed E-state index contributed by atoms with van der Waals surface area (Å²) in [6, 6.07) is 6.33. The maximum Gasteiger partial charge on any atom is 0.419 e. The standard InChI is InChI=1S/C22H22BrF3N4/c1-3-13-6-5-7-14(4-2)19(13)30-20(23)17-10-15(8-9-18(17)29-30)21-27-11-16(12-28-21)22(24,25)26/h5-7,11-12,15H,3-4,8-10H2,1-2H3.